The van der Waals surface area contributed by atoms with Crippen molar-refractivity contribution in [1.29, 1.82) is 0 Å². The van der Waals surface area contributed by atoms with Crippen LogP contribution < -0.4 is 0 Å². The molecule has 0 saturated heterocycles. The zero-order chi connectivity index (χ0) is 23.4. The van der Waals surface area contributed by atoms with Crippen LogP contribution in [-0.2, 0) is 19.3 Å². The number of benzene rings is 4. The van der Waals surface area contributed by atoms with E-state index in [9.17, 15) is 17.6 Å². The number of rotatable bonds is 5. The largest absolute Gasteiger partial charge is 0.207 e. The van der Waals surface area contributed by atoms with Gasteiger partial charge in [0, 0.05) is 16.7 Å². The smallest absolute Gasteiger partial charge is 0.159 e. The first-order valence-corrected chi connectivity index (χ1v) is 10.9. The summed E-state index contributed by atoms with van der Waals surface area (Å²) < 4.78 is 55.4. The summed E-state index contributed by atoms with van der Waals surface area (Å²) >= 11 is 0. The van der Waals surface area contributed by atoms with Crippen LogP contribution in [0.1, 0.15) is 41.2 Å². The maximum Gasteiger partial charge on any atom is 0.159 e. The molecule has 0 saturated carbocycles. The number of aryl methyl sites for hydroxylation is 2. The average molecular weight is 446 g/mol. The first-order valence-electron chi connectivity index (χ1n) is 10.9. The molecule has 0 spiro atoms. The monoisotopic (exact) mass is 446 g/mol. The Morgan fingerprint density at radius 1 is 0.545 bits per heavy atom. The van der Waals surface area contributed by atoms with Crippen molar-refractivity contribution in [3.05, 3.63) is 118 Å². The van der Waals surface area contributed by atoms with Crippen molar-refractivity contribution in [1.82, 2.24) is 0 Å². The fraction of sp³-hybridized carbons (Fsp3) is 0.172. The van der Waals surface area contributed by atoms with Crippen LogP contribution in [0.3, 0.4) is 0 Å². The minimum Gasteiger partial charge on any atom is -0.207 e. The molecule has 0 radical (unpaired) electrons. The van der Waals surface area contributed by atoms with E-state index in [1.165, 1.54) is 12.1 Å². The van der Waals surface area contributed by atoms with Gasteiger partial charge in [-0.15, -0.1) is 0 Å². The van der Waals surface area contributed by atoms with Crippen molar-refractivity contribution in [2.45, 2.75) is 32.6 Å². The molecule has 33 heavy (non-hydrogen) atoms. The minimum absolute atomic E-state index is 0.117. The average Bonchev–Trinajstić information content (AvgIpc) is 2.79. The fourth-order valence-electron chi connectivity index (χ4n) is 3.82. The Labute approximate surface area is 190 Å². The number of halogens is 4. The van der Waals surface area contributed by atoms with E-state index in [1.54, 1.807) is 18.2 Å². The lowest BCUT2D eigenvalue weighted by Crippen LogP contribution is -2.01. The molecule has 4 aromatic carbocycles. The summed E-state index contributed by atoms with van der Waals surface area (Å²) in [5, 5.41) is 1.19. The standard InChI is InChI=1S/C29H22F4/c1-2-3-22-15-26(30)25(27(31)16-22)13-11-20-6-4-19(5-7-20)8-9-21-10-12-23-17-28(32)29(33)18-24(23)14-21/h4-7,10,12,14-18H,2-3,11,13H2,1H3. The first-order chi connectivity index (χ1) is 15.9. The van der Waals surface area contributed by atoms with Crippen molar-refractivity contribution in [3.8, 4) is 11.8 Å². The number of fused-ring (bicyclic) bond motifs is 1. The van der Waals surface area contributed by atoms with Gasteiger partial charge < -0.3 is 0 Å². The van der Waals surface area contributed by atoms with Gasteiger partial charge >= 0.3 is 0 Å². The molecule has 0 unspecified atom stereocenters. The van der Waals surface area contributed by atoms with Crippen LogP contribution in [0.15, 0.2) is 66.7 Å². The summed E-state index contributed by atoms with van der Waals surface area (Å²) in [7, 11) is 0. The zero-order valence-corrected chi connectivity index (χ0v) is 18.2. The molecule has 0 atom stereocenters. The minimum atomic E-state index is -0.889. The third kappa shape index (κ3) is 5.43. The lowest BCUT2D eigenvalue weighted by Gasteiger charge is -2.08. The second-order valence-electron chi connectivity index (χ2n) is 8.06. The van der Waals surface area contributed by atoms with Gasteiger partial charge in [-0.2, -0.15) is 0 Å². The molecule has 4 aromatic rings. The Morgan fingerprint density at radius 3 is 1.82 bits per heavy atom. The molecule has 0 aliphatic rings. The van der Waals surface area contributed by atoms with E-state index in [-0.39, 0.29) is 12.0 Å². The van der Waals surface area contributed by atoms with E-state index in [2.05, 4.69) is 11.8 Å². The van der Waals surface area contributed by atoms with E-state index >= 15 is 0 Å². The quantitative estimate of drug-likeness (QED) is 0.220. The molecule has 4 rings (SSSR count). The number of hydrogen-bond acceptors (Lipinski definition) is 0. The van der Waals surface area contributed by atoms with Crippen molar-refractivity contribution in [2.75, 3.05) is 0 Å². The van der Waals surface area contributed by atoms with Crippen LogP contribution in [0.25, 0.3) is 10.8 Å². The number of hydrogen-bond donors (Lipinski definition) is 0. The van der Waals surface area contributed by atoms with Gasteiger partial charge in [0.05, 0.1) is 0 Å². The van der Waals surface area contributed by atoms with Gasteiger partial charge in [-0.3, -0.25) is 0 Å². The highest BCUT2D eigenvalue weighted by Gasteiger charge is 2.11. The lowest BCUT2D eigenvalue weighted by atomic mass is 10.00. The maximum atomic E-state index is 14.3. The van der Waals surface area contributed by atoms with Crippen molar-refractivity contribution in [3.63, 3.8) is 0 Å². The third-order valence-electron chi connectivity index (χ3n) is 5.59. The lowest BCUT2D eigenvalue weighted by molar-refractivity contribution is 0.511. The molecule has 0 amide bonds. The van der Waals surface area contributed by atoms with Crippen LogP contribution in [0.4, 0.5) is 17.6 Å². The third-order valence-corrected chi connectivity index (χ3v) is 5.59. The van der Waals surface area contributed by atoms with Gasteiger partial charge in [0.1, 0.15) is 11.6 Å². The molecule has 0 heterocycles. The molecule has 0 aromatic heterocycles. The molecule has 0 aliphatic heterocycles. The zero-order valence-electron chi connectivity index (χ0n) is 18.2. The normalized spacial score (nSPS) is 10.8. The second kappa shape index (κ2) is 9.92. The molecule has 0 fully saturated rings. The Kier molecular flexibility index (Phi) is 6.79. The van der Waals surface area contributed by atoms with Gasteiger partial charge in [0.2, 0.25) is 0 Å². The molecule has 0 N–H and O–H groups in total. The highest BCUT2D eigenvalue weighted by molar-refractivity contribution is 5.84. The molecule has 166 valence electrons. The van der Waals surface area contributed by atoms with E-state index in [1.807, 2.05) is 31.2 Å². The van der Waals surface area contributed by atoms with Crippen molar-refractivity contribution >= 4 is 10.8 Å². The molecule has 0 aliphatic carbocycles. The van der Waals surface area contributed by atoms with Gasteiger partial charge in [-0.05, 0) is 89.7 Å². The van der Waals surface area contributed by atoms with Crippen LogP contribution in [0, 0.1) is 35.1 Å². The summed E-state index contributed by atoms with van der Waals surface area (Å²) in [5.74, 6) is 3.34. The Balaban J connectivity index is 1.44. The topological polar surface area (TPSA) is 0 Å². The molecule has 0 nitrogen and oxygen atoms in total. The van der Waals surface area contributed by atoms with E-state index in [4.69, 9.17) is 0 Å². The van der Waals surface area contributed by atoms with Gasteiger partial charge in [-0.1, -0.05) is 43.4 Å². The Hall–Kier alpha value is -3.58. The van der Waals surface area contributed by atoms with Gasteiger partial charge in [0.25, 0.3) is 0 Å². The first kappa shape index (κ1) is 22.6. The predicted octanol–water partition coefficient (Wildman–Crippen LogP) is 7.53. The van der Waals surface area contributed by atoms with E-state index in [0.29, 0.717) is 34.7 Å². The summed E-state index contributed by atoms with van der Waals surface area (Å²) in [5.41, 5.74) is 3.23. The highest BCUT2D eigenvalue weighted by Crippen LogP contribution is 2.21. The van der Waals surface area contributed by atoms with E-state index < -0.39 is 23.3 Å². The van der Waals surface area contributed by atoms with Gasteiger partial charge in [-0.25, -0.2) is 17.6 Å². The van der Waals surface area contributed by atoms with Crippen LogP contribution in [0.5, 0.6) is 0 Å². The summed E-state index contributed by atoms with van der Waals surface area (Å²) in [6.07, 6.45) is 2.29. The fourth-order valence-corrected chi connectivity index (χ4v) is 3.82. The van der Waals surface area contributed by atoms with Crippen LogP contribution in [-0.4, -0.2) is 0 Å². The molecule has 4 heteroatoms. The Bertz CT molecular complexity index is 1340. The maximum absolute atomic E-state index is 14.3. The highest BCUT2D eigenvalue weighted by atomic mass is 19.2. The van der Waals surface area contributed by atoms with Crippen molar-refractivity contribution in [2.24, 2.45) is 0 Å². The van der Waals surface area contributed by atoms with E-state index in [0.717, 1.165) is 29.7 Å². The molecular formula is C29H22F4. The SMILES string of the molecule is CCCc1cc(F)c(CCc2ccc(C#Cc3ccc4cc(F)c(F)cc4c3)cc2)c(F)c1. The predicted molar refractivity (Wildman–Crippen MR) is 124 cm³/mol. The van der Waals surface area contributed by atoms with Gasteiger partial charge in [0.15, 0.2) is 11.6 Å². The molecule has 0 bridgehead atoms. The van der Waals surface area contributed by atoms with Crippen LogP contribution >= 0.6 is 0 Å². The van der Waals surface area contributed by atoms with Crippen LogP contribution in [0.2, 0.25) is 0 Å². The molecular weight excluding hydrogens is 424 g/mol. The van der Waals surface area contributed by atoms with Crippen molar-refractivity contribution < 1.29 is 17.6 Å². The Morgan fingerprint density at radius 2 is 1.15 bits per heavy atom. The second-order valence-corrected chi connectivity index (χ2v) is 8.06. The summed E-state index contributed by atoms with van der Waals surface area (Å²) in [6.45, 7) is 1.98. The summed E-state index contributed by atoms with van der Waals surface area (Å²) in [4.78, 5) is 0. The summed E-state index contributed by atoms with van der Waals surface area (Å²) in [6, 6.07) is 17.9.